The molecule has 1 aromatic heterocycles. The van der Waals surface area contributed by atoms with E-state index >= 15 is 0 Å². The zero-order valence-corrected chi connectivity index (χ0v) is 11.0. The van der Waals surface area contributed by atoms with Gasteiger partial charge in [0.2, 0.25) is 11.8 Å². The molecule has 1 aliphatic heterocycles. The zero-order chi connectivity index (χ0) is 13.7. The molecule has 0 atom stereocenters. The van der Waals surface area contributed by atoms with Gasteiger partial charge in [-0.25, -0.2) is 0 Å². The standard InChI is InChI=1S/C14H18N2O3/c1-11(17)16-8-6-12(7-9-16)15-14(18)5-4-13-3-2-10-19-13/h2-5,10,12H,6-9H2,1H3,(H,15,18). The fourth-order valence-electron chi connectivity index (χ4n) is 2.13. The number of likely N-dealkylation sites (tertiary alicyclic amines) is 1. The number of nitrogens with one attached hydrogen (secondary N) is 1. The molecule has 5 nitrogen and oxygen atoms in total. The van der Waals surface area contributed by atoms with Crippen LogP contribution in [-0.2, 0) is 9.59 Å². The number of furan rings is 1. The summed E-state index contributed by atoms with van der Waals surface area (Å²) >= 11 is 0. The number of carbonyl (C=O) groups is 2. The second-order valence-corrected chi connectivity index (χ2v) is 4.64. The summed E-state index contributed by atoms with van der Waals surface area (Å²) in [5, 5.41) is 2.94. The van der Waals surface area contributed by atoms with E-state index in [1.165, 1.54) is 6.08 Å². The third-order valence-corrected chi connectivity index (χ3v) is 3.23. The number of carbonyl (C=O) groups excluding carboxylic acids is 2. The van der Waals surface area contributed by atoms with Gasteiger partial charge < -0.3 is 14.6 Å². The summed E-state index contributed by atoms with van der Waals surface area (Å²) < 4.78 is 5.10. The van der Waals surface area contributed by atoms with Gasteiger partial charge in [-0.1, -0.05) is 0 Å². The quantitative estimate of drug-likeness (QED) is 0.838. The summed E-state index contributed by atoms with van der Waals surface area (Å²) in [5.41, 5.74) is 0. The highest BCUT2D eigenvalue weighted by molar-refractivity contribution is 5.91. The van der Waals surface area contributed by atoms with Crippen molar-refractivity contribution in [1.29, 1.82) is 0 Å². The maximum absolute atomic E-state index is 11.7. The highest BCUT2D eigenvalue weighted by atomic mass is 16.3. The van der Waals surface area contributed by atoms with Gasteiger partial charge in [-0.3, -0.25) is 9.59 Å². The molecule has 0 saturated carbocycles. The third kappa shape index (κ3) is 3.98. The van der Waals surface area contributed by atoms with E-state index in [1.807, 2.05) is 0 Å². The van der Waals surface area contributed by atoms with E-state index in [1.54, 1.807) is 36.3 Å². The Kier molecular flexibility index (Phi) is 4.39. The van der Waals surface area contributed by atoms with Crippen molar-refractivity contribution in [1.82, 2.24) is 10.2 Å². The lowest BCUT2D eigenvalue weighted by Crippen LogP contribution is -2.45. The molecule has 2 rings (SSSR count). The van der Waals surface area contributed by atoms with Gasteiger partial charge in [0.25, 0.3) is 0 Å². The zero-order valence-electron chi connectivity index (χ0n) is 11.0. The van der Waals surface area contributed by atoms with Crippen LogP contribution < -0.4 is 5.32 Å². The Bertz CT molecular complexity index is 457. The molecule has 1 N–H and O–H groups in total. The molecule has 0 aromatic carbocycles. The Balaban J connectivity index is 1.76. The SMILES string of the molecule is CC(=O)N1CCC(NC(=O)C=Cc2ccco2)CC1. The fraction of sp³-hybridized carbons (Fsp3) is 0.429. The lowest BCUT2D eigenvalue weighted by molar-refractivity contribution is -0.129. The molecule has 0 radical (unpaired) electrons. The summed E-state index contributed by atoms with van der Waals surface area (Å²) in [6.07, 6.45) is 6.28. The first-order valence-corrected chi connectivity index (χ1v) is 6.43. The van der Waals surface area contributed by atoms with Crippen LogP contribution in [0.5, 0.6) is 0 Å². The van der Waals surface area contributed by atoms with Crippen LogP contribution in [0.3, 0.4) is 0 Å². The molecule has 1 fully saturated rings. The molecule has 0 bridgehead atoms. The number of hydrogen-bond donors (Lipinski definition) is 1. The average Bonchev–Trinajstić information content (AvgIpc) is 2.90. The monoisotopic (exact) mass is 262 g/mol. The van der Waals surface area contributed by atoms with E-state index in [-0.39, 0.29) is 17.9 Å². The Morgan fingerprint density at radius 1 is 1.42 bits per heavy atom. The van der Waals surface area contributed by atoms with E-state index in [2.05, 4.69) is 5.32 Å². The molecule has 2 heterocycles. The Hall–Kier alpha value is -2.04. The van der Waals surface area contributed by atoms with Crippen molar-refractivity contribution < 1.29 is 14.0 Å². The van der Waals surface area contributed by atoms with Crippen molar-refractivity contribution in [3.05, 3.63) is 30.2 Å². The lowest BCUT2D eigenvalue weighted by atomic mass is 10.1. The minimum absolute atomic E-state index is 0.0995. The smallest absolute Gasteiger partial charge is 0.244 e. The topological polar surface area (TPSA) is 62.6 Å². The van der Waals surface area contributed by atoms with Gasteiger partial charge in [0.05, 0.1) is 6.26 Å². The summed E-state index contributed by atoms with van der Waals surface area (Å²) in [4.78, 5) is 24.7. The molecule has 1 saturated heterocycles. The molecular formula is C14H18N2O3. The van der Waals surface area contributed by atoms with Crippen LogP contribution in [0, 0.1) is 0 Å². The molecule has 19 heavy (non-hydrogen) atoms. The van der Waals surface area contributed by atoms with Crippen LogP contribution in [0.2, 0.25) is 0 Å². The minimum atomic E-state index is -0.127. The highest BCUT2D eigenvalue weighted by Gasteiger charge is 2.21. The Labute approximate surface area is 112 Å². The van der Waals surface area contributed by atoms with Gasteiger partial charge in [-0.2, -0.15) is 0 Å². The van der Waals surface area contributed by atoms with E-state index in [9.17, 15) is 9.59 Å². The van der Waals surface area contributed by atoms with E-state index in [4.69, 9.17) is 4.42 Å². The molecule has 5 heteroatoms. The normalized spacial score (nSPS) is 16.8. The van der Waals surface area contributed by atoms with Crippen LogP contribution in [0.1, 0.15) is 25.5 Å². The summed E-state index contributed by atoms with van der Waals surface area (Å²) in [7, 11) is 0. The number of piperidine rings is 1. The summed E-state index contributed by atoms with van der Waals surface area (Å²) in [6.45, 7) is 3.00. The van der Waals surface area contributed by atoms with Crippen LogP contribution in [0.25, 0.3) is 6.08 Å². The molecule has 1 aromatic rings. The maximum Gasteiger partial charge on any atom is 0.244 e. The number of nitrogens with zero attached hydrogens (tertiary/aromatic N) is 1. The number of amides is 2. The summed E-state index contributed by atoms with van der Waals surface area (Å²) in [5.74, 6) is 0.627. The van der Waals surface area contributed by atoms with Gasteiger partial charge >= 0.3 is 0 Å². The number of hydrogen-bond acceptors (Lipinski definition) is 3. The van der Waals surface area contributed by atoms with Crippen LogP contribution in [0.4, 0.5) is 0 Å². The van der Waals surface area contributed by atoms with Crippen molar-refractivity contribution >= 4 is 17.9 Å². The molecule has 0 unspecified atom stereocenters. The van der Waals surface area contributed by atoms with Crippen molar-refractivity contribution in [2.45, 2.75) is 25.8 Å². The molecule has 0 spiro atoms. The van der Waals surface area contributed by atoms with E-state index in [0.29, 0.717) is 18.8 Å². The Morgan fingerprint density at radius 3 is 2.74 bits per heavy atom. The predicted molar refractivity (Wildman–Crippen MR) is 71.2 cm³/mol. The molecule has 2 amide bonds. The third-order valence-electron chi connectivity index (χ3n) is 3.23. The van der Waals surface area contributed by atoms with Gasteiger partial charge in [0, 0.05) is 32.1 Å². The van der Waals surface area contributed by atoms with E-state index < -0.39 is 0 Å². The van der Waals surface area contributed by atoms with Crippen molar-refractivity contribution in [2.75, 3.05) is 13.1 Å². The molecule has 1 aliphatic rings. The largest absolute Gasteiger partial charge is 0.465 e. The first-order valence-electron chi connectivity index (χ1n) is 6.43. The minimum Gasteiger partial charge on any atom is -0.465 e. The fourth-order valence-corrected chi connectivity index (χ4v) is 2.13. The molecule has 102 valence electrons. The lowest BCUT2D eigenvalue weighted by Gasteiger charge is -2.31. The first-order chi connectivity index (χ1) is 9.15. The molecular weight excluding hydrogens is 244 g/mol. The number of rotatable bonds is 3. The summed E-state index contributed by atoms with van der Waals surface area (Å²) in [6, 6.07) is 3.70. The van der Waals surface area contributed by atoms with Gasteiger partial charge in [-0.15, -0.1) is 0 Å². The average molecular weight is 262 g/mol. The second kappa shape index (κ2) is 6.22. The Morgan fingerprint density at radius 2 is 2.16 bits per heavy atom. The molecule has 0 aliphatic carbocycles. The van der Waals surface area contributed by atoms with Gasteiger partial charge in [-0.05, 0) is 31.1 Å². The van der Waals surface area contributed by atoms with E-state index in [0.717, 1.165) is 12.8 Å². The van der Waals surface area contributed by atoms with Crippen LogP contribution in [-0.4, -0.2) is 35.8 Å². The van der Waals surface area contributed by atoms with Gasteiger partial charge in [0.15, 0.2) is 0 Å². The predicted octanol–water partition coefficient (Wildman–Crippen LogP) is 1.42. The van der Waals surface area contributed by atoms with Crippen molar-refractivity contribution in [2.24, 2.45) is 0 Å². The van der Waals surface area contributed by atoms with Crippen LogP contribution in [0.15, 0.2) is 28.9 Å². The van der Waals surface area contributed by atoms with Crippen molar-refractivity contribution in [3.63, 3.8) is 0 Å². The van der Waals surface area contributed by atoms with Crippen molar-refractivity contribution in [3.8, 4) is 0 Å². The van der Waals surface area contributed by atoms with Crippen LogP contribution >= 0.6 is 0 Å². The maximum atomic E-state index is 11.7. The second-order valence-electron chi connectivity index (χ2n) is 4.64. The first kappa shape index (κ1) is 13.4. The van der Waals surface area contributed by atoms with Gasteiger partial charge in [0.1, 0.15) is 5.76 Å². The highest BCUT2D eigenvalue weighted by Crippen LogP contribution is 2.10.